The number of aryl methyl sites for hydroxylation is 2. The minimum Gasteiger partial charge on any atom is -0.378 e. The molecular formula is C68H97ClN8. The molecule has 8 rings (SSSR count). The number of hydrazine groups is 1. The number of hydrogen-bond donors (Lipinski definition) is 2. The van der Waals surface area contributed by atoms with Gasteiger partial charge in [0, 0.05) is 92.4 Å². The SMILES string of the molecule is C=CCCC(C)(C)Cc1c(-c2cc(N3CCN(C)CC3)cnc2C(C)CC)n(CC)c2cc(Cl)c(-c3cc(C)cc(CC(NC(=C)C(C(C)C)N(C)C(=C)[C@@H]4CCCC4C)C(=C)N4CCCCN4)c3)cc12.c1ccccc1. The van der Waals surface area contributed by atoms with Gasteiger partial charge in [0.1, 0.15) is 0 Å². The Morgan fingerprint density at radius 2 is 1.61 bits per heavy atom. The van der Waals surface area contributed by atoms with Crippen LogP contribution in [0.3, 0.4) is 0 Å². The molecule has 2 aliphatic heterocycles. The fourth-order valence-corrected chi connectivity index (χ4v) is 12.9. The molecule has 77 heavy (non-hydrogen) atoms. The lowest BCUT2D eigenvalue weighted by molar-refractivity contribution is 0.184. The first kappa shape index (κ1) is 59.4. The van der Waals surface area contributed by atoms with E-state index in [1.807, 2.05) is 36.4 Å². The molecule has 5 atom stereocenters. The summed E-state index contributed by atoms with van der Waals surface area (Å²) < 4.78 is 2.54. The summed E-state index contributed by atoms with van der Waals surface area (Å²) in [6, 6.07) is 26.2. The van der Waals surface area contributed by atoms with Crippen molar-refractivity contribution >= 4 is 28.2 Å². The number of rotatable bonds is 22. The molecule has 9 heteroatoms. The first-order chi connectivity index (χ1) is 36.9. The van der Waals surface area contributed by atoms with Crippen LogP contribution < -0.4 is 15.6 Å². The van der Waals surface area contributed by atoms with E-state index < -0.39 is 0 Å². The minimum atomic E-state index is -0.0884. The van der Waals surface area contributed by atoms with Gasteiger partial charge < -0.3 is 29.6 Å². The van der Waals surface area contributed by atoms with Crippen molar-refractivity contribution in [2.75, 3.05) is 58.3 Å². The van der Waals surface area contributed by atoms with E-state index in [1.165, 1.54) is 81.6 Å². The molecule has 0 amide bonds. The predicted octanol–water partition coefficient (Wildman–Crippen LogP) is 15.9. The highest BCUT2D eigenvalue weighted by Crippen LogP contribution is 2.46. The monoisotopic (exact) mass is 1060 g/mol. The molecule has 416 valence electrons. The Morgan fingerprint density at radius 3 is 2.21 bits per heavy atom. The van der Waals surface area contributed by atoms with E-state index in [9.17, 15) is 0 Å². The maximum atomic E-state index is 7.61. The molecule has 3 aromatic carbocycles. The predicted molar refractivity (Wildman–Crippen MR) is 333 cm³/mol. The third-order valence-electron chi connectivity index (χ3n) is 17.3. The Balaban J connectivity index is 0.00000134. The molecule has 3 aliphatic rings. The molecule has 2 aromatic heterocycles. The van der Waals surface area contributed by atoms with Crippen molar-refractivity contribution in [1.29, 1.82) is 0 Å². The largest absolute Gasteiger partial charge is 0.378 e. The van der Waals surface area contributed by atoms with Gasteiger partial charge in [-0.1, -0.05) is 159 Å². The van der Waals surface area contributed by atoms with Crippen LogP contribution in [0.25, 0.3) is 33.3 Å². The highest BCUT2D eigenvalue weighted by Gasteiger charge is 2.34. The quantitative estimate of drug-likeness (QED) is 0.0670. The topological polar surface area (TPSA) is 54.8 Å². The Bertz CT molecular complexity index is 2750. The van der Waals surface area contributed by atoms with Gasteiger partial charge in [0.25, 0.3) is 0 Å². The van der Waals surface area contributed by atoms with E-state index >= 15 is 0 Å². The minimum absolute atomic E-state index is 0.0221. The molecule has 0 spiro atoms. The summed E-state index contributed by atoms with van der Waals surface area (Å²) in [7, 11) is 4.45. The second-order valence-corrected chi connectivity index (χ2v) is 24.6. The van der Waals surface area contributed by atoms with E-state index in [0.717, 1.165) is 112 Å². The molecule has 4 unspecified atom stereocenters. The Morgan fingerprint density at radius 1 is 0.909 bits per heavy atom. The highest BCUT2D eigenvalue weighted by molar-refractivity contribution is 6.34. The molecule has 1 saturated carbocycles. The van der Waals surface area contributed by atoms with Crippen molar-refractivity contribution in [3.8, 4) is 22.4 Å². The van der Waals surface area contributed by atoms with Crippen LogP contribution in [0, 0.1) is 30.1 Å². The average Bonchev–Trinajstić information content (AvgIpc) is 4.00. The van der Waals surface area contributed by atoms with Crippen LogP contribution in [0.5, 0.6) is 0 Å². The fourth-order valence-electron chi connectivity index (χ4n) is 12.6. The van der Waals surface area contributed by atoms with Crippen LogP contribution in [0.15, 0.2) is 128 Å². The lowest BCUT2D eigenvalue weighted by Gasteiger charge is -2.41. The number of halogens is 1. The lowest BCUT2D eigenvalue weighted by Crippen LogP contribution is -2.50. The fraction of sp³-hybridized carbons (Fsp3) is 0.515. The number of piperazine rings is 1. The molecular weight excluding hydrogens is 964 g/mol. The molecule has 4 heterocycles. The van der Waals surface area contributed by atoms with Gasteiger partial charge in [-0.05, 0) is 130 Å². The maximum absolute atomic E-state index is 7.61. The summed E-state index contributed by atoms with van der Waals surface area (Å²) in [5.41, 5.74) is 19.1. The van der Waals surface area contributed by atoms with Gasteiger partial charge in [-0.15, -0.1) is 6.58 Å². The number of hydrogen-bond acceptors (Lipinski definition) is 7. The summed E-state index contributed by atoms with van der Waals surface area (Å²) >= 11 is 7.61. The standard InChI is InChI=1S/C62H91ClN8.C6H6/c1-16-19-25-62(12,13)39-55-53-37-52(56(63)38-58(53)70(18-3)61(55)54-36-50(40-64-59(54)43(7)17-2)69-30-28-67(14)29-31-69)49-33-42(6)32-48(34-49)35-57(47(11)71-27-21-20-26-65-71)66-45(9)60(41(4)5)68(15)46(10)51-24-22-23-44(51)8;1-2-4-6-5-3-1/h16,32-34,36-38,40-41,43-44,51,57,60,65-66H,1,9-11,17-31,35,39H2,2-8,12-15H3;1-6H/t43?,44?,51-,57?,60?;/m1./s1. The van der Waals surface area contributed by atoms with Crippen LogP contribution in [0.4, 0.5) is 5.69 Å². The van der Waals surface area contributed by atoms with Crippen LogP contribution in [-0.2, 0) is 19.4 Å². The zero-order valence-corrected chi connectivity index (χ0v) is 50.2. The molecule has 3 fully saturated rings. The first-order valence-electron chi connectivity index (χ1n) is 29.4. The van der Waals surface area contributed by atoms with Crippen LogP contribution >= 0.6 is 11.6 Å². The second-order valence-electron chi connectivity index (χ2n) is 24.2. The Kier molecular flexibility index (Phi) is 20.9. The van der Waals surface area contributed by atoms with Crippen LogP contribution in [-0.4, -0.2) is 89.8 Å². The molecule has 1 aliphatic carbocycles. The van der Waals surface area contributed by atoms with Crippen molar-refractivity contribution < 1.29 is 0 Å². The van der Waals surface area contributed by atoms with E-state index in [4.69, 9.17) is 36.3 Å². The smallest absolute Gasteiger partial charge is 0.0707 e. The van der Waals surface area contributed by atoms with Gasteiger partial charge in [-0.25, -0.2) is 5.43 Å². The van der Waals surface area contributed by atoms with Crippen molar-refractivity contribution in [1.82, 2.24) is 35.1 Å². The lowest BCUT2D eigenvalue weighted by atomic mass is 9.80. The third-order valence-corrected chi connectivity index (χ3v) is 17.6. The van der Waals surface area contributed by atoms with Gasteiger partial charge in [0.05, 0.1) is 45.9 Å². The zero-order valence-electron chi connectivity index (χ0n) is 49.5. The van der Waals surface area contributed by atoms with E-state index in [-0.39, 0.29) is 17.5 Å². The summed E-state index contributed by atoms with van der Waals surface area (Å²) in [5.74, 6) is 1.80. The van der Waals surface area contributed by atoms with Crippen molar-refractivity contribution in [2.45, 2.75) is 151 Å². The number of allylic oxidation sites excluding steroid dienone is 2. The number of nitrogens with zero attached hydrogens (tertiary/aromatic N) is 6. The van der Waals surface area contributed by atoms with Gasteiger partial charge in [-0.3, -0.25) is 4.98 Å². The van der Waals surface area contributed by atoms with Crippen molar-refractivity contribution in [2.24, 2.45) is 23.2 Å². The van der Waals surface area contributed by atoms with E-state index in [2.05, 4.69) is 167 Å². The zero-order chi connectivity index (χ0) is 55.6. The number of benzene rings is 3. The third kappa shape index (κ3) is 14.5. The van der Waals surface area contributed by atoms with Gasteiger partial charge >= 0.3 is 0 Å². The molecule has 0 radical (unpaired) electrons. The second kappa shape index (κ2) is 27.1. The van der Waals surface area contributed by atoms with Crippen molar-refractivity contribution in [3.05, 3.63) is 156 Å². The van der Waals surface area contributed by atoms with E-state index in [1.54, 1.807) is 0 Å². The van der Waals surface area contributed by atoms with Crippen LogP contribution in [0.1, 0.15) is 135 Å². The summed E-state index contributed by atoms with van der Waals surface area (Å²) in [6.07, 6.45) is 15.0. The maximum Gasteiger partial charge on any atom is 0.0707 e. The number of fused-ring (bicyclic) bond motifs is 1. The highest BCUT2D eigenvalue weighted by atomic mass is 35.5. The molecule has 5 aromatic rings. The molecule has 2 N–H and O–H groups in total. The summed E-state index contributed by atoms with van der Waals surface area (Å²) in [4.78, 5) is 12.7. The first-order valence-corrected chi connectivity index (χ1v) is 29.8. The number of pyridine rings is 1. The van der Waals surface area contributed by atoms with Crippen LogP contribution in [0.2, 0.25) is 5.02 Å². The average molecular weight is 1060 g/mol. The van der Waals surface area contributed by atoms with E-state index in [0.29, 0.717) is 23.7 Å². The van der Waals surface area contributed by atoms with Gasteiger partial charge in [-0.2, -0.15) is 0 Å². The van der Waals surface area contributed by atoms with Gasteiger partial charge in [0.15, 0.2) is 0 Å². The Hall–Kier alpha value is -5.28. The Labute approximate surface area is 471 Å². The molecule has 2 saturated heterocycles. The molecule has 0 bridgehead atoms. The van der Waals surface area contributed by atoms with Gasteiger partial charge in [0.2, 0.25) is 0 Å². The summed E-state index contributed by atoms with van der Waals surface area (Å²) in [5, 5.41) is 8.33. The number of anilines is 1. The number of aromatic nitrogens is 2. The van der Waals surface area contributed by atoms with Crippen molar-refractivity contribution in [3.63, 3.8) is 0 Å². The normalized spacial score (nSPS) is 18.4. The molecule has 8 nitrogen and oxygen atoms in total. The number of nitrogens with one attached hydrogen (secondary N) is 2. The summed E-state index contributed by atoms with van der Waals surface area (Å²) in [6.45, 7) is 46.2. The number of likely N-dealkylation sites (N-methyl/N-ethyl adjacent to an activating group) is 2.